The summed E-state index contributed by atoms with van der Waals surface area (Å²) in [7, 11) is 0. The summed E-state index contributed by atoms with van der Waals surface area (Å²) in [5.74, 6) is 0. The Bertz CT molecular complexity index is 235. The topological polar surface area (TPSA) is 56.0 Å². The van der Waals surface area contributed by atoms with Gasteiger partial charge in [-0.05, 0) is 33.9 Å². The van der Waals surface area contributed by atoms with Crippen molar-refractivity contribution in [2.24, 2.45) is 0 Å². The molecular formula is C3HIN2O2S. The van der Waals surface area contributed by atoms with Crippen molar-refractivity contribution < 1.29 is 4.92 Å². The van der Waals surface area contributed by atoms with Gasteiger partial charge in [-0.3, -0.25) is 10.1 Å². The zero-order valence-electron chi connectivity index (χ0n) is 4.07. The number of hydrogen-bond acceptors (Lipinski definition) is 4. The summed E-state index contributed by atoms with van der Waals surface area (Å²) in [5.41, 5.74) is 0. The van der Waals surface area contributed by atoms with E-state index in [0.717, 1.165) is 11.3 Å². The highest BCUT2D eigenvalue weighted by Crippen LogP contribution is 2.21. The summed E-state index contributed by atoms with van der Waals surface area (Å²) < 4.78 is 0.694. The molecule has 0 aliphatic heterocycles. The molecule has 0 saturated heterocycles. The molecule has 1 aromatic rings. The van der Waals surface area contributed by atoms with Crippen molar-refractivity contribution in [3.63, 3.8) is 0 Å². The zero-order valence-corrected chi connectivity index (χ0v) is 7.05. The lowest BCUT2D eigenvalue weighted by atomic mass is 10.9. The Hall–Kier alpha value is -0.240. The highest BCUT2D eigenvalue weighted by atomic mass is 127. The molecule has 0 radical (unpaired) electrons. The molecule has 0 saturated carbocycles. The summed E-state index contributed by atoms with van der Waals surface area (Å²) in [6.07, 6.45) is 1.26. The summed E-state index contributed by atoms with van der Waals surface area (Å²) in [4.78, 5) is 13.2. The fourth-order valence-electron chi connectivity index (χ4n) is 0.329. The quantitative estimate of drug-likeness (QED) is 0.436. The molecule has 0 amide bonds. The molecule has 0 bridgehead atoms. The zero-order chi connectivity index (χ0) is 6.85. The Balaban J connectivity index is 2.98. The molecule has 0 fully saturated rings. The smallest absolute Gasteiger partial charge is 0.257 e. The molecule has 4 nitrogen and oxygen atoms in total. The second kappa shape index (κ2) is 2.56. The minimum Gasteiger partial charge on any atom is -0.257 e. The first-order valence-corrected chi connectivity index (χ1v) is 3.85. The third-order valence-electron chi connectivity index (χ3n) is 0.645. The lowest BCUT2D eigenvalue weighted by Crippen LogP contribution is -1.80. The van der Waals surface area contributed by atoms with Crippen LogP contribution < -0.4 is 0 Å². The maximum atomic E-state index is 9.99. The van der Waals surface area contributed by atoms with Gasteiger partial charge in [0, 0.05) is 0 Å². The first-order valence-electron chi connectivity index (χ1n) is 1.96. The van der Waals surface area contributed by atoms with Crippen LogP contribution in [-0.2, 0) is 0 Å². The van der Waals surface area contributed by atoms with E-state index in [0.29, 0.717) is 3.01 Å². The molecule has 6 heteroatoms. The van der Waals surface area contributed by atoms with E-state index in [1.165, 1.54) is 6.20 Å². The van der Waals surface area contributed by atoms with Crippen molar-refractivity contribution >= 4 is 38.9 Å². The molecule has 0 N–H and O–H groups in total. The minimum atomic E-state index is -0.445. The maximum Gasteiger partial charge on any atom is 0.344 e. The van der Waals surface area contributed by atoms with Crippen LogP contribution in [0.25, 0.3) is 0 Å². The van der Waals surface area contributed by atoms with E-state index in [-0.39, 0.29) is 5.00 Å². The summed E-state index contributed by atoms with van der Waals surface area (Å²) in [6, 6.07) is 0. The van der Waals surface area contributed by atoms with Crippen LogP contribution in [0.4, 0.5) is 5.00 Å². The van der Waals surface area contributed by atoms with Gasteiger partial charge in [-0.25, -0.2) is 4.98 Å². The van der Waals surface area contributed by atoms with Crippen molar-refractivity contribution in [2.75, 3.05) is 0 Å². The number of halogens is 1. The average molecular weight is 256 g/mol. The molecule has 1 heterocycles. The number of rotatable bonds is 1. The number of nitro groups is 1. The van der Waals surface area contributed by atoms with Crippen LogP contribution in [0.3, 0.4) is 0 Å². The summed E-state index contributed by atoms with van der Waals surface area (Å²) >= 11 is 3.01. The molecule has 1 rings (SSSR count). The fourth-order valence-corrected chi connectivity index (χ4v) is 1.60. The van der Waals surface area contributed by atoms with Gasteiger partial charge < -0.3 is 0 Å². The van der Waals surface area contributed by atoms with E-state index in [2.05, 4.69) is 4.98 Å². The van der Waals surface area contributed by atoms with Crippen LogP contribution >= 0.6 is 33.9 Å². The van der Waals surface area contributed by atoms with Gasteiger partial charge in [-0.15, -0.1) is 0 Å². The first-order chi connectivity index (χ1) is 4.20. The third-order valence-corrected chi connectivity index (χ3v) is 2.32. The largest absolute Gasteiger partial charge is 0.344 e. The number of thiazole rings is 1. The number of aromatic nitrogens is 1. The number of hydrogen-bond donors (Lipinski definition) is 0. The lowest BCUT2D eigenvalue weighted by molar-refractivity contribution is -0.380. The number of nitrogens with zero attached hydrogens (tertiary/aromatic N) is 2. The third kappa shape index (κ3) is 1.58. The second-order valence-corrected chi connectivity index (χ2v) is 3.97. The highest BCUT2D eigenvalue weighted by Gasteiger charge is 2.08. The van der Waals surface area contributed by atoms with Crippen molar-refractivity contribution in [3.8, 4) is 0 Å². The molecule has 0 unspecified atom stereocenters. The van der Waals surface area contributed by atoms with E-state index < -0.39 is 4.92 Å². The van der Waals surface area contributed by atoms with Gasteiger partial charge in [0.25, 0.3) is 0 Å². The Morgan fingerprint density at radius 2 is 2.56 bits per heavy atom. The van der Waals surface area contributed by atoms with Crippen LogP contribution in [0.1, 0.15) is 0 Å². The van der Waals surface area contributed by atoms with Gasteiger partial charge in [0.05, 0.1) is 4.92 Å². The predicted octanol–water partition coefficient (Wildman–Crippen LogP) is 1.66. The van der Waals surface area contributed by atoms with Crippen LogP contribution in [0.15, 0.2) is 6.20 Å². The standard InChI is InChI=1S/C3HIN2O2S/c4-3-5-1-2(9-3)6(7)8/h1H. The predicted molar refractivity (Wildman–Crippen MR) is 41.5 cm³/mol. The van der Waals surface area contributed by atoms with Crippen LogP contribution in [0, 0.1) is 13.1 Å². The SMILES string of the molecule is O=[N+]([O-])c1cnc(I)s1. The molecule has 1 aromatic heterocycles. The van der Waals surface area contributed by atoms with Gasteiger partial charge in [-0.1, -0.05) is 0 Å². The second-order valence-electron chi connectivity index (χ2n) is 1.21. The van der Waals surface area contributed by atoms with Crippen LogP contribution in [0.5, 0.6) is 0 Å². The normalized spacial score (nSPS) is 9.44. The molecule has 0 spiro atoms. The minimum absolute atomic E-state index is 0.0967. The lowest BCUT2D eigenvalue weighted by Gasteiger charge is -1.76. The highest BCUT2D eigenvalue weighted by molar-refractivity contribution is 14.1. The van der Waals surface area contributed by atoms with Gasteiger partial charge in [0.15, 0.2) is 3.01 Å². The van der Waals surface area contributed by atoms with Gasteiger partial charge in [0.1, 0.15) is 6.20 Å². The van der Waals surface area contributed by atoms with E-state index in [1.807, 2.05) is 22.6 Å². The van der Waals surface area contributed by atoms with Gasteiger partial charge >= 0.3 is 5.00 Å². The van der Waals surface area contributed by atoms with E-state index in [1.54, 1.807) is 0 Å². The molecular weight excluding hydrogens is 255 g/mol. The Morgan fingerprint density at radius 3 is 2.78 bits per heavy atom. The van der Waals surface area contributed by atoms with Crippen molar-refractivity contribution in [3.05, 3.63) is 19.3 Å². The average Bonchev–Trinajstić information content (AvgIpc) is 2.14. The molecule has 0 aliphatic rings. The van der Waals surface area contributed by atoms with Crippen molar-refractivity contribution in [1.29, 1.82) is 0 Å². The Labute approximate surface area is 68.2 Å². The molecule has 0 atom stereocenters. The van der Waals surface area contributed by atoms with E-state index in [9.17, 15) is 10.1 Å². The molecule has 0 aromatic carbocycles. The first kappa shape index (κ1) is 6.87. The fraction of sp³-hybridized carbons (Fsp3) is 0. The summed E-state index contributed by atoms with van der Waals surface area (Å²) in [6.45, 7) is 0. The van der Waals surface area contributed by atoms with Gasteiger partial charge in [-0.2, -0.15) is 0 Å². The molecule has 0 aliphatic carbocycles. The monoisotopic (exact) mass is 256 g/mol. The molecule has 9 heavy (non-hydrogen) atoms. The summed E-state index contributed by atoms with van der Waals surface area (Å²) in [5, 5.41) is 10.1. The molecule has 48 valence electrons. The Morgan fingerprint density at radius 1 is 1.89 bits per heavy atom. The van der Waals surface area contributed by atoms with Crippen molar-refractivity contribution in [2.45, 2.75) is 0 Å². The van der Waals surface area contributed by atoms with Crippen molar-refractivity contribution in [1.82, 2.24) is 4.98 Å². The van der Waals surface area contributed by atoms with Gasteiger partial charge in [0.2, 0.25) is 0 Å². The van der Waals surface area contributed by atoms with E-state index in [4.69, 9.17) is 0 Å². The van der Waals surface area contributed by atoms with Crippen LogP contribution in [-0.4, -0.2) is 9.91 Å². The maximum absolute atomic E-state index is 9.99. The van der Waals surface area contributed by atoms with E-state index >= 15 is 0 Å². The Kier molecular flexibility index (Phi) is 1.96. The van der Waals surface area contributed by atoms with Crippen LogP contribution in [0.2, 0.25) is 0 Å².